The Balaban J connectivity index is 0.000000168. The minimum absolute atomic E-state index is 0.827. The van der Waals surface area contributed by atoms with Crippen LogP contribution in [0.4, 0.5) is 0 Å². The van der Waals surface area contributed by atoms with Gasteiger partial charge in [-0.2, -0.15) is 0 Å². The molecule has 0 aromatic heterocycles. The predicted molar refractivity (Wildman–Crippen MR) is 178 cm³/mol. The highest BCUT2D eigenvalue weighted by atomic mass is 16.5. The van der Waals surface area contributed by atoms with E-state index in [4.69, 9.17) is 9.47 Å². The van der Waals surface area contributed by atoms with Crippen LogP contribution in [0, 0.1) is 0 Å². The average molecular weight is 567 g/mol. The fourth-order valence-corrected chi connectivity index (χ4v) is 6.19. The molecule has 42 heavy (non-hydrogen) atoms. The van der Waals surface area contributed by atoms with E-state index < -0.39 is 0 Å². The first-order valence-corrected chi connectivity index (χ1v) is 16.5. The van der Waals surface area contributed by atoms with Gasteiger partial charge >= 0.3 is 0 Å². The molecule has 0 spiro atoms. The second-order valence-corrected chi connectivity index (χ2v) is 11.9. The smallest absolute Gasteiger partial charge is 0.127 e. The van der Waals surface area contributed by atoms with Gasteiger partial charge in [0.15, 0.2) is 0 Å². The van der Waals surface area contributed by atoms with Crippen LogP contribution in [0.2, 0.25) is 0 Å². The molecule has 2 fully saturated rings. The third-order valence-corrected chi connectivity index (χ3v) is 8.63. The SMILES string of the molecule is c1ccc2c(OCCCCCN3CCCC3)cccc2c1.c1ccc2cc(OCCCCCN3CCCC3)ccc2c1. The quantitative estimate of drug-likeness (QED) is 0.142. The topological polar surface area (TPSA) is 24.9 Å². The molecule has 0 radical (unpaired) electrons. The number of fused-ring (bicyclic) bond motifs is 2. The van der Waals surface area contributed by atoms with Crippen molar-refractivity contribution in [1.29, 1.82) is 0 Å². The number of hydrogen-bond acceptors (Lipinski definition) is 4. The van der Waals surface area contributed by atoms with Crippen molar-refractivity contribution in [3.05, 3.63) is 84.9 Å². The van der Waals surface area contributed by atoms with E-state index in [-0.39, 0.29) is 0 Å². The summed E-state index contributed by atoms with van der Waals surface area (Å²) < 4.78 is 11.9. The molecular weight excluding hydrogens is 516 g/mol. The van der Waals surface area contributed by atoms with Gasteiger partial charge in [-0.3, -0.25) is 0 Å². The summed E-state index contributed by atoms with van der Waals surface area (Å²) in [6, 6.07) is 29.5. The molecule has 0 amide bonds. The Morgan fingerprint density at radius 1 is 0.476 bits per heavy atom. The monoisotopic (exact) mass is 566 g/mol. The number of unbranched alkanes of at least 4 members (excludes halogenated alkanes) is 4. The van der Waals surface area contributed by atoms with Crippen molar-refractivity contribution < 1.29 is 9.47 Å². The van der Waals surface area contributed by atoms with Crippen LogP contribution < -0.4 is 9.47 Å². The normalized spacial score (nSPS) is 15.6. The molecule has 4 heteroatoms. The van der Waals surface area contributed by atoms with Crippen LogP contribution in [0.3, 0.4) is 0 Å². The van der Waals surface area contributed by atoms with Gasteiger partial charge in [0, 0.05) is 5.39 Å². The van der Waals surface area contributed by atoms with Crippen LogP contribution in [0.5, 0.6) is 11.5 Å². The minimum Gasteiger partial charge on any atom is -0.494 e. The Morgan fingerprint density at radius 3 is 1.74 bits per heavy atom. The number of benzene rings is 4. The van der Waals surface area contributed by atoms with E-state index in [1.165, 1.54) is 112 Å². The maximum absolute atomic E-state index is 5.98. The average Bonchev–Trinajstić information content (AvgIpc) is 3.76. The summed E-state index contributed by atoms with van der Waals surface area (Å²) in [5.41, 5.74) is 0. The van der Waals surface area contributed by atoms with E-state index in [1.807, 2.05) is 0 Å². The van der Waals surface area contributed by atoms with Gasteiger partial charge in [-0.25, -0.2) is 0 Å². The highest BCUT2D eigenvalue weighted by Crippen LogP contribution is 2.25. The Bertz CT molecular complexity index is 1320. The molecule has 4 nitrogen and oxygen atoms in total. The maximum Gasteiger partial charge on any atom is 0.127 e. The second kappa shape index (κ2) is 17.1. The fraction of sp³-hybridized carbons (Fsp3) is 0.474. The molecule has 2 saturated heterocycles. The van der Waals surface area contributed by atoms with Crippen molar-refractivity contribution in [2.75, 3.05) is 52.5 Å². The summed E-state index contributed by atoms with van der Waals surface area (Å²) in [4.78, 5) is 5.18. The van der Waals surface area contributed by atoms with Crippen LogP contribution in [0.25, 0.3) is 21.5 Å². The summed E-state index contributed by atoms with van der Waals surface area (Å²) in [6.45, 7) is 9.46. The van der Waals surface area contributed by atoms with E-state index in [0.29, 0.717) is 0 Å². The molecule has 6 rings (SSSR count). The largest absolute Gasteiger partial charge is 0.494 e. The number of ether oxygens (including phenoxy) is 2. The molecule has 0 aliphatic carbocycles. The molecule has 0 bridgehead atoms. The minimum atomic E-state index is 0.827. The Kier molecular flexibility index (Phi) is 12.4. The number of likely N-dealkylation sites (tertiary alicyclic amines) is 2. The van der Waals surface area contributed by atoms with E-state index in [2.05, 4.69) is 94.7 Å². The highest BCUT2D eigenvalue weighted by Gasteiger charge is 2.11. The number of nitrogens with zero attached hydrogens (tertiary/aromatic N) is 2. The van der Waals surface area contributed by atoms with Gasteiger partial charge in [-0.1, -0.05) is 66.7 Å². The summed E-state index contributed by atoms with van der Waals surface area (Å²) in [5, 5.41) is 5.00. The van der Waals surface area contributed by atoms with Crippen LogP contribution in [0.15, 0.2) is 84.9 Å². The van der Waals surface area contributed by atoms with Gasteiger partial charge in [0.2, 0.25) is 0 Å². The van der Waals surface area contributed by atoms with Gasteiger partial charge in [-0.05, 0) is 138 Å². The molecule has 224 valence electrons. The van der Waals surface area contributed by atoms with Gasteiger partial charge in [-0.15, -0.1) is 0 Å². The van der Waals surface area contributed by atoms with Crippen LogP contribution in [0.1, 0.15) is 64.2 Å². The lowest BCUT2D eigenvalue weighted by Crippen LogP contribution is -2.20. The first-order valence-electron chi connectivity index (χ1n) is 16.5. The summed E-state index contributed by atoms with van der Waals surface area (Å²) in [5.74, 6) is 2.01. The molecular formula is C38H50N2O2. The summed E-state index contributed by atoms with van der Waals surface area (Å²) in [7, 11) is 0. The third kappa shape index (κ3) is 9.74. The van der Waals surface area contributed by atoms with E-state index in [1.54, 1.807) is 0 Å². The van der Waals surface area contributed by atoms with Crippen molar-refractivity contribution >= 4 is 21.5 Å². The molecule has 0 saturated carbocycles. The highest BCUT2D eigenvalue weighted by molar-refractivity contribution is 5.88. The molecule has 2 heterocycles. The Hall–Kier alpha value is -3.08. The molecule has 0 N–H and O–H groups in total. The second-order valence-electron chi connectivity index (χ2n) is 11.9. The fourth-order valence-electron chi connectivity index (χ4n) is 6.19. The van der Waals surface area contributed by atoms with Crippen molar-refractivity contribution in [2.45, 2.75) is 64.2 Å². The van der Waals surface area contributed by atoms with E-state index in [0.717, 1.165) is 37.6 Å². The van der Waals surface area contributed by atoms with E-state index in [9.17, 15) is 0 Å². The third-order valence-electron chi connectivity index (χ3n) is 8.63. The first kappa shape index (κ1) is 30.4. The number of hydrogen-bond donors (Lipinski definition) is 0. The van der Waals surface area contributed by atoms with Gasteiger partial charge in [0.1, 0.15) is 11.5 Å². The Morgan fingerprint density at radius 2 is 1.05 bits per heavy atom. The van der Waals surface area contributed by atoms with Gasteiger partial charge < -0.3 is 19.3 Å². The van der Waals surface area contributed by atoms with E-state index >= 15 is 0 Å². The van der Waals surface area contributed by atoms with Crippen LogP contribution in [-0.2, 0) is 0 Å². The lowest BCUT2D eigenvalue weighted by Gasteiger charge is -2.14. The van der Waals surface area contributed by atoms with Crippen LogP contribution in [-0.4, -0.2) is 62.3 Å². The van der Waals surface area contributed by atoms with Crippen molar-refractivity contribution in [3.8, 4) is 11.5 Å². The lowest BCUT2D eigenvalue weighted by molar-refractivity contribution is 0.290. The van der Waals surface area contributed by atoms with Gasteiger partial charge in [0.05, 0.1) is 13.2 Å². The molecule has 0 atom stereocenters. The van der Waals surface area contributed by atoms with Crippen LogP contribution >= 0.6 is 0 Å². The molecule has 2 aliphatic rings. The molecule has 4 aromatic carbocycles. The summed E-state index contributed by atoms with van der Waals surface area (Å²) in [6.07, 6.45) is 13.0. The van der Waals surface area contributed by atoms with Crippen molar-refractivity contribution in [1.82, 2.24) is 9.80 Å². The lowest BCUT2D eigenvalue weighted by atomic mass is 10.1. The number of rotatable bonds is 14. The zero-order chi connectivity index (χ0) is 28.7. The first-order chi connectivity index (χ1) is 20.8. The molecule has 2 aliphatic heterocycles. The van der Waals surface area contributed by atoms with Crippen molar-refractivity contribution in [3.63, 3.8) is 0 Å². The standard InChI is InChI=1S/2C19H25NO/c1(4-13-20-14-5-6-15-20)7-16-21-19-12-8-10-17-9-2-3-11-18(17)19;1(4-12-20-13-5-6-14-20)7-15-21-19-11-10-17-8-2-3-9-18(17)16-19/h2-3,8-12H,1,4-7,13-16H2;2-3,8-11,16H,1,4-7,12-15H2. The summed E-state index contributed by atoms with van der Waals surface area (Å²) >= 11 is 0. The molecule has 4 aromatic rings. The van der Waals surface area contributed by atoms with Crippen molar-refractivity contribution in [2.24, 2.45) is 0 Å². The zero-order valence-electron chi connectivity index (χ0n) is 25.5. The predicted octanol–water partition coefficient (Wildman–Crippen LogP) is 8.97. The maximum atomic E-state index is 5.98. The Labute approximate surface area is 253 Å². The zero-order valence-corrected chi connectivity index (χ0v) is 25.5. The van der Waals surface area contributed by atoms with Gasteiger partial charge in [0.25, 0.3) is 0 Å². The molecule has 0 unspecified atom stereocenters.